The van der Waals surface area contributed by atoms with Gasteiger partial charge in [0.2, 0.25) is 0 Å². The second-order valence-corrected chi connectivity index (χ2v) is 8.99. The molecule has 5 heterocycles. The molecule has 1 N–H and O–H groups in total. The van der Waals surface area contributed by atoms with Crippen LogP contribution in [-0.4, -0.2) is 41.0 Å². The molecular weight excluding hydrogens is 350 g/mol. The Balaban J connectivity index is 1.48. The summed E-state index contributed by atoms with van der Waals surface area (Å²) in [6.07, 6.45) is 4.04. The number of amides is 1. The van der Waals surface area contributed by atoms with E-state index in [0.717, 1.165) is 14.8 Å². The fraction of sp³-hybridized carbons (Fsp3) is 0.500. The molecule has 0 radical (unpaired) electrons. The first-order valence-electron chi connectivity index (χ1n) is 7.88. The van der Waals surface area contributed by atoms with Gasteiger partial charge in [0, 0.05) is 12.1 Å². The number of halogens is 1. The highest BCUT2D eigenvalue weighted by Gasteiger charge is 2.40. The smallest absolute Gasteiger partial charge is 0.261 e. The summed E-state index contributed by atoms with van der Waals surface area (Å²) in [5, 5.41) is 4.14. The minimum absolute atomic E-state index is 0.0366. The monoisotopic (exact) mass is 367 g/mol. The van der Waals surface area contributed by atoms with Crippen LogP contribution >= 0.6 is 34.3 Å². The fourth-order valence-corrected chi connectivity index (χ4v) is 5.59. The average Bonchev–Trinajstić information content (AvgIpc) is 3.20. The maximum atomic E-state index is 12.6. The number of fused-ring (bicyclic) bond motifs is 3. The van der Waals surface area contributed by atoms with E-state index in [4.69, 9.17) is 11.6 Å². The largest absolute Gasteiger partial charge is 0.347 e. The van der Waals surface area contributed by atoms with Gasteiger partial charge in [-0.3, -0.25) is 9.69 Å². The Bertz CT molecular complexity index is 718. The summed E-state index contributed by atoms with van der Waals surface area (Å²) in [6, 6.07) is 4.54. The molecule has 5 rings (SSSR count). The number of piperidine rings is 3. The molecule has 0 aromatic carbocycles. The molecule has 2 aromatic heterocycles. The minimum Gasteiger partial charge on any atom is -0.347 e. The van der Waals surface area contributed by atoms with Crippen LogP contribution in [-0.2, 0) is 0 Å². The Morgan fingerprint density at radius 3 is 2.78 bits per heavy atom. The van der Waals surface area contributed by atoms with Crippen molar-refractivity contribution in [1.82, 2.24) is 15.2 Å². The molecule has 3 saturated heterocycles. The molecular formula is C16H18ClN3OS2. The van der Waals surface area contributed by atoms with Gasteiger partial charge in [0.05, 0.1) is 16.0 Å². The maximum Gasteiger partial charge on any atom is 0.261 e. The molecule has 2 bridgehead atoms. The summed E-state index contributed by atoms with van der Waals surface area (Å²) < 4.78 is 0.667. The molecule has 1 amide bonds. The summed E-state index contributed by atoms with van der Waals surface area (Å²) in [5.74, 6) is 0.658. The van der Waals surface area contributed by atoms with Crippen molar-refractivity contribution in [1.29, 1.82) is 0 Å². The van der Waals surface area contributed by atoms with Crippen molar-refractivity contribution < 1.29 is 4.79 Å². The van der Waals surface area contributed by atoms with Crippen molar-refractivity contribution in [2.45, 2.75) is 31.8 Å². The number of carbonyl (C=O) groups excluding carboxylic acids is 1. The molecule has 0 saturated carbocycles. The molecule has 0 spiro atoms. The third-order valence-electron chi connectivity index (χ3n) is 4.99. The van der Waals surface area contributed by atoms with E-state index in [2.05, 4.69) is 22.1 Å². The molecule has 3 aliphatic rings. The van der Waals surface area contributed by atoms with Crippen molar-refractivity contribution in [2.24, 2.45) is 5.92 Å². The van der Waals surface area contributed by atoms with Gasteiger partial charge in [0.15, 0.2) is 0 Å². The quantitative estimate of drug-likeness (QED) is 0.898. The molecule has 2 unspecified atom stereocenters. The van der Waals surface area contributed by atoms with Crippen molar-refractivity contribution in [3.05, 3.63) is 27.5 Å². The van der Waals surface area contributed by atoms with E-state index in [1.807, 2.05) is 12.1 Å². The van der Waals surface area contributed by atoms with Gasteiger partial charge in [-0.25, -0.2) is 4.98 Å². The van der Waals surface area contributed by atoms with E-state index >= 15 is 0 Å². The second-order valence-electron chi connectivity index (χ2n) is 6.25. The first kappa shape index (κ1) is 15.6. The van der Waals surface area contributed by atoms with E-state index in [1.54, 1.807) is 6.20 Å². The summed E-state index contributed by atoms with van der Waals surface area (Å²) in [7, 11) is 0. The molecule has 4 nitrogen and oxygen atoms in total. The molecule has 2 atom stereocenters. The van der Waals surface area contributed by atoms with Crippen LogP contribution in [0.3, 0.4) is 0 Å². The van der Waals surface area contributed by atoms with Crippen LogP contribution in [0.1, 0.15) is 29.4 Å². The van der Waals surface area contributed by atoms with E-state index in [1.165, 1.54) is 48.6 Å². The number of thiophene rings is 1. The number of nitrogens with zero attached hydrogens (tertiary/aromatic N) is 2. The van der Waals surface area contributed by atoms with E-state index in [9.17, 15) is 4.79 Å². The topological polar surface area (TPSA) is 45.2 Å². The summed E-state index contributed by atoms with van der Waals surface area (Å²) in [4.78, 5) is 21.1. The highest BCUT2D eigenvalue weighted by molar-refractivity contribution is 7.24. The number of carbonyl (C=O) groups is 1. The lowest BCUT2D eigenvalue weighted by Gasteiger charge is -2.49. The predicted molar refractivity (Wildman–Crippen MR) is 95.5 cm³/mol. The highest BCUT2D eigenvalue weighted by Crippen LogP contribution is 2.35. The van der Waals surface area contributed by atoms with Gasteiger partial charge in [0.25, 0.3) is 5.91 Å². The molecule has 23 heavy (non-hydrogen) atoms. The van der Waals surface area contributed by atoms with E-state index in [-0.39, 0.29) is 11.9 Å². The predicted octanol–water partition coefficient (Wildman–Crippen LogP) is 3.74. The Morgan fingerprint density at radius 1 is 1.35 bits per heavy atom. The number of nitrogens with one attached hydrogen (secondary N) is 1. The average molecular weight is 368 g/mol. The van der Waals surface area contributed by atoms with Crippen molar-refractivity contribution in [3.8, 4) is 9.88 Å². The molecule has 7 heteroatoms. The Labute approximate surface area is 148 Å². The molecule has 0 aliphatic carbocycles. The number of aromatic nitrogens is 1. The number of hydrogen-bond acceptors (Lipinski definition) is 5. The zero-order valence-corrected chi connectivity index (χ0v) is 15.2. The van der Waals surface area contributed by atoms with Gasteiger partial charge in [-0.2, -0.15) is 0 Å². The normalized spacial score (nSPS) is 29.7. The van der Waals surface area contributed by atoms with Crippen LogP contribution in [0.15, 0.2) is 18.3 Å². The summed E-state index contributed by atoms with van der Waals surface area (Å²) >= 11 is 8.86. The SMILES string of the molecule is CC1C(NC(=O)c2ccc(-c3ncc(Cl)s3)s2)C2CCN1CC2. The van der Waals surface area contributed by atoms with Gasteiger partial charge >= 0.3 is 0 Å². The van der Waals surface area contributed by atoms with Gasteiger partial charge in [0.1, 0.15) is 9.34 Å². The molecule has 122 valence electrons. The van der Waals surface area contributed by atoms with Crippen LogP contribution < -0.4 is 5.32 Å². The number of thiazole rings is 1. The number of hydrogen-bond donors (Lipinski definition) is 1. The minimum atomic E-state index is 0.0366. The zero-order chi connectivity index (χ0) is 16.0. The third kappa shape index (κ3) is 2.93. The van der Waals surface area contributed by atoms with Crippen LogP contribution in [0, 0.1) is 5.92 Å². The van der Waals surface area contributed by atoms with Gasteiger partial charge in [-0.15, -0.1) is 22.7 Å². The van der Waals surface area contributed by atoms with Crippen molar-refractivity contribution in [2.75, 3.05) is 13.1 Å². The number of rotatable bonds is 3. The Hall–Kier alpha value is -0.950. The lowest BCUT2D eigenvalue weighted by Crippen LogP contribution is -2.62. The first-order valence-corrected chi connectivity index (χ1v) is 9.89. The zero-order valence-electron chi connectivity index (χ0n) is 12.8. The van der Waals surface area contributed by atoms with Crippen LogP contribution in [0.2, 0.25) is 4.34 Å². The molecule has 3 fully saturated rings. The Morgan fingerprint density at radius 2 is 2.13 bits per heavy atom. The third-order valence-corrected chi connectivity index (χ3v) is 7.36. The first-order chi connectivity index (χ1) is 11.1. The van der Waals surface area contributed by atoms with Crippen molar-refractivity contribution in [3.63, 3.8) is 0 Å². The van der Waals surface area contributed by atoms with E-state index in [0.29, 0.717) is 16.3 Å². The molecule has 2 aromatic rings. The van der Waals surface area contributed by atoms with Gasteiger partial charge in [-0.05, 0) is 50.9 Å². The fourth-order valence-electron chi connectivity index (χ4n) is 3.71. The highest BCUT2D eigenvalue weighted by atomic mass is 35.5. The van der Waals surface area contributed by atoms with Crippen LogP contribution in [0.25, 0.3) is 9.88 Å². The van der Waals surface area contributed by atoms with Crippen LogP contribution in [0.4, 0.5) is 0 Å². The Kier molecular flexibility index (Phi) is 4.17. The van der Waals surface area contributed by atoms with Crippen LogP contribution in [0.5, 0.6) is 0 Å². The summed E-state index contributed by atoms with van der Waals surface area (Å²) in [6.45, 7) is 4.58. The van der Waals surface area contributed by atoms with Gasteiger partial charge in [-0.1, -0.05) is 11.6 Å². The standard InChI is InChI=1S/C16H18ClN3OS2/c1-9-14(10-4-6-20(9)7-5-10)19-15(21)11-2-3-12(22-11)16-18-8-13(17)23-16/h2-3,8-10,14H,4-7H2,1H3,(H,19,21). The maximum absolute atomic E-state index is 12.6. The lowest BCUT2D eigenvalue weighted by molar-refractivity contribution is 0.0218. The molecule has 3 aliphatic heterocycles. The summed E-state index contributed by atoms with van der Waals surface area (Å²) in [5.41, 5.74) is 0. The second kappa shape index (κ2) is 6.16. The lowest BCUT2D eigenvalue weighted by atomic mass is 9.79. The van der Waals surface area contributed by atoms with Crippen molar-refractivity contribution >= 4 is 40.2 Å². The van der Waals surface area contributed by atoms with E-state index < -0.39 is 0 Å². The van der Waals surface area contributed by atoms with Gasteiger partial charge < -0.3 is 5.32 Å².